The van der Waals surface area contributed by atoms with Crippen LogP contribution in [0.15, 0.2) is 22.7 Å². The molecule has 0 amide bonds. The largest absolute Gasteiger partial charge is 0.319 e. The van der Waals surface area contributed by atoms with E-state index in [2.05, 4.69) is 28.2 Å². The fourth-order valence-corrected chi connectivity index (χ4v) is 3.52. The first kappa shape index (κ1) is 14.0. The van der Waals surface area contributed by atoms with Crippen LogP contribution in [0.1, 0.15) is 37.7 Å². The van der Waals surface area contributed by atoms with Crippen LogP contribution in [0.2, 0.25) is 0 Å². The van der Waals surface area contributed by atoms with E-state index in [9.17, 15) is 4.39 Å². The quantitative estimate of drug-likeness (QED) is 0.876. The monoisotopic (exact) mass is 313 g/mol. The highest BCUT2D eigenvalue weighted by Crippen LogP contribution is 2.41. The summed E-state index contributed by atoms with van der Waals surface area (Å²) in [6.45, 7) is 3.25. The summed E-state index contributed by atoms with van der Waals surface area (Å²) in [5.41, 5.74) is 0.885. The molecule has 0 saturated heterocycles. The van der Waals surface area contributed by atoms with Gasteiger partial charge in [-0.05, 0) is 71.7 Å². The fourth-order valence-electron chi connectivity index (χ4n) is 3.14. The summed E-state index contributed by atoms with van der Waals surface area (Å²) in [5.74, 6) is 1.52. The molecular formula is C15H21BrFN. The lowest BCUT2D eigenvalue weighted by Gasteiger charge is -2.35. The first-order chi connectivity index (χ1) is 8.63. The SMILES string of the molecule is CNCC1CCC(C)CC1c1cccc(Br)c1F. The molecule has 1 fully saturated rings. The molecule has 0 aliphatic heterocycles. The Hall–Kier alpha value is -0.410. The molecule has 3 heteroatoms. The van der Waals surface area contributed by atoms with E-state index in [0.29, 0.717) is 22.2 Å². The van der Waals surface area contributed by atoms with Gasteiger partial charge in [0.05, 0.1) is 4.47 Å². The van der Waals surface area contributed by atoms with E-state index in [1.807, 2.05) is 19.2 Å². The number of nitrogens with one attached hydrogen (secondary N) is 1. The van der Waals surface area contributed by atoms with Crippen LogP contribution in [0.3, 0.4) is 0 Å². The number of hydrogen-bond acceptors (Lipinski definition) is 1. The van der Waals surface area contributed by atoms with Gasteiger partial charge in [0, 0.05) is 0 Å². The normalized spacial score (nSPS) is 28.3. The van der Waals surface area contributed by atoms with Gasteiger partial charge < -0.3 is 5.32 Å². The van der Waals surface area contributed by atoms with Gasteiger partial charge in [-0.2, -0.15) is 0 Å². The molecule has 1 aliphatic rings. The van der Waals surface area contributed by atoms with Crippen molar-refractivity contribution >= 4 is 15.9 Å². The molecule has 1 saturated carbocycles. The third-order valence-electron chi connectivity index (χ3n) is 4.10. The van der Waals surface area contributed by atoms with E-state index in [1.165, 1.54) is 12.8 Å². The highest BCUT2D eigenvalue weighted by Gasteiger charge is 2.31. The number of benzene rings is 1. The van der Waals surface area contributed by atoms with Crippen molar-refractivity contribution in [1.82, 2.24) is 5.32 Å². The lowest BCUT2D eigenvalue weighted by atomic mass is 9.71. The molecular weight excluding hydrogens is 293 g/mol. The Labute approximate surface area is 117 Å². The van der Waals surface area contributed by atoms with Crippen molar-refractivity contribution in [3.8, 4) is 0 Å². The van der Waals surface area contributed by atoms with Crippen molar-refractivity contribution in [1.29, 1.82) is 0 Å². The molecule has 3 atom stereocenters. The Balaban J connectivity index is 2.29. The molecule has 3 unspecified atom stereocenters. The predicted octanol–water partition coefficient (Wildman–Crippen LogP) is 4.33. The van der Waals surface area contributed by atoms with Crippen LogP contribution in [0.25, 0.3) is 0 Å². The molecule has 18 heavy (non-hydrogen) atoms. The highest BCUT2D eigenvalue weighted by molar-refractivity contribution is 9.10. The Morgan fingerprint density at radius 2 is 2.17 bits per heavy atom. The van der Waals surface area contributed by atoms with Gasteiger partial charge in [-0.1, -0.05) is 25.5 Å². The summed E-state index contributed by atoms with van der Waals surface area (Å²) in [6.07, 6.45) is 3.55. The highest BCUT2D eigenvalue weighted by atomic mass is 79.9. The molecule has 1 aromatic carbocycles. The van der Waals surface area contributed by atoms with Crippen LogP contribution >= 0.6 is 15.9 Å². The average molecular weight is 314 g/mol. The first-order valence-electron chi connectivity index (χ1n) is 6.72. The second kappa shape index (κ2) is 6.16. The van der Waals surface area contributed by atoms with Gasteiger partial charge in [-0.15, -0.1) is 0 Å². The minimum atomic E-state index is -0.0716. The molecule has 0 radical (unpaired) electrons. The molecule has 0 heterocycles. The van der Waals surface area contributed by atoms with E-state index in [4.69, 9.17) is 0 Å². The number of rotatable bonds is 3. The Morgan fingerprint density at radius 3 is 2.89 bits per heavy atom. The second-order valence-electron chi connectivity index (χ2n) is 5.49. The molecule has 0 bridgehead atoms. The zero-order valence-electron chi connectivity index (χ0n) is 11.0. The number of hydrogen-bond donors (Lipinski definition) is 1. The topological polar surface area (TPSA) is 12.0 Å². The van der Waals surface area contributed by atoms with Crippen molar-refractivity contribution in [2.75, 3.05) is 13.6 Å². The van der Waals surface area contributed by atoms with E-state index < -0.39 is 0 Å². The van der Waals surface area contributed by atoms with Crippen molar-refractivity contribution < 1.29 is 4.39 Å². The molecule has 1 nitrogen and oxygen atoms in total. The molecule has 1 aromatic rings. The van der Waals surface area contributed by atoms with Crippen molar-refractivity contribution in [2.45, 2.75) is 32.1 Å². The lowest BCUT2D eigenvalue weighted by molar-refractivity contribution is 0.241. The Morgan fingerprint density at radius 1 is 1.39 bits per heavy atom. The summed E-state index contributed by atoms with van der Waals surface area (Å²) >= 11 is 3.30. The smallest absolute Gasteiger partial charge is 0.140 e. The predicted molar refractivity (Wildman–Crippen MR) is 77.3 cm³/mol. The molecule has 0 aromatic heterocycles. The molecule has 2 rings (SSSR count). The molecule has 1 aliphatic carbocycles. The van der Waals surface area contributed by atoms with Crippen molar-refractivity contribution in [3.05, 3.63) is 34.1 Å². The maximum atomic E-state index is 14.3. The third kappa shape index (κ3) is 2.94. The van der Waals surface area contributed by atoms with Crippen LogP contribution in [0.4, 0.5) is 4.39 Å². The Kier molecular flexibility index (Phi) is 4.79. The van der Waals surface area contributed by atoms with E-state index in [1.54, 1.807) is 6.07 Å². The second-order valence-corrected chi connectivity index (χ2v) is 6.34. The summed E-state index contributed by atoms with van der Waals surface area (Å²) < 4.78 is 14.8. The first-order valence-corrected chi connectivity index (χ1v) is 7.51. The van der Waals surface area contributed by atoms with Crippen LogP contribution in [0, 0.1) is 17.7 Å². The van der Waals surface area contributed by atoms with E-state index in [0.717, 1.165) is 18.5 Å². The van der Waals surface area contributed by atoms with Gasteiger partial charge in [0.2, 0.25) is 0 Å². The van der Waals surface area contributed by atoms with Gasteiger partial charge in [-0.25, -0.2) is 4.39 Å². The zero-order valence-corrected chi connectivity index (χ0v) is 12.6. The molecule has 1 N–H and O–H groups in total. The van der Waals surface area contributed by atoms with E-state index in [-0.39, 0.29) is 5.82 Å². The van der Waals surface area contributed by atoms with Gasteiger partial charge in [0.1, 0.15) is 5.82 Å². The molecule has 100 valence electrons. The van der Waals surface area contributed by atoms with Crippen LogP contribution in [0.5, 0.6) is 0 Å². The van der Waals surface area contributed by atoms with Gasteiger partial charge in [-0.3, -0.25) is 0 Å². The minimum absolute atomic E-state index is 0.0716. The maximum absolute atomic E-state index is 14.3. The number of halogens is 2. The summed E-state index contributed by atoms with van der Waals surface area (Å²) in [7, 11) is 1.98. The van der Waals surface area contributed by atoms with Crippen LogP contribution < -0.4 is 5.32 Å². The summed E-state index contributed by atoms with van der Waals surface area (Å²) in [4.78, 5) is 0. The summed E-state index contributed by atoms with van der Waals surface area (Å²) in [6, 6.07) is 5.67. The third-order valence-corrected chi connectivity index (χ3v) is 4.72. The van der Waals surface area contributed by atoms with E-state index >= 15 is 0 Å². The van der Waals surface area contributed by atoms with Gasteiger partial charge in [0.25, 0.3) is 0 Å². The van der Waals surface area contributed by atoms with Crippen molar-refractivity contribution in [3.63, 3.8) is 0 Å². The van der Waals surface area contributed by atoms with Gasteiger partial charge in [0.15, 0.2) is 0 Å². The lowest BCUT2D eigenvalue weighted by Crippen LogP contribution is -2.30. The average Bonchev–Trinajstić information content (AvgIpc) is 2.35. The fraction of sp³-hybridized carbons (Fsp3) is 0.600. The minimum Gasteiger partial charge on any atom is -0.319 e. The van der Waals surface area contributed by atoms with Crippen molar-refractivity contribution in [2.24, 2.45) is 11.8 Å². The van der Waals surface area contributed by atoms with Gasteiger partial charge >= 0.3 is 0 Å². The zero-order chi connectivity index (χ0) is 13.1. The standard InChI is InChI=1S/C15H21BrFN/c1-10-6-7-11(9-18-2)13(8-10)12-4-3-5-14(16)15(12)17/h3-5,10-11,13,18H,6-9H2,1-2H3. The molecule has 0 spiro atoms. The van der Waals surface area contributed by atoms with Crippen LogP contribution in [-0.4, -0.2) is 13.6 Å². The Bertz CT molecular complexity index is 407. The summed E-state index contributed by atoms with van der Waals surface area (Å²) in [5, 5.41) is 3.25. The maximum Gasteiger partial charge on any atom is 0.140 e. The van der Waals surface area contributed by atoms with Crippen LogP contribution in [-0.2, 0) is 0 Å².